The van der Waals surface area contributed by atoms with Crippen LogP contribution in [-0.4, -0.2) is 25.8 Å². The number of halogens is 1. The Hall–Kier alpha value is -2.89. The first-order valence-electron chi connectivity index (χ1n) is 9.33. The minimum atomic E-state index is -0.109. The first kappa shape index (κ1) is 17.2. The molecule has 0 spiro atoms. The van der Waals surface area contributed by atoms with Gasteiger partial charge in [-0.1, -0.05) is 60.1 Å². The van der Waals surface area contributed by atoms with E-state index in [9.17, 15) is 4.79 Å². The van der Waals surface area contributed by atoms with Gasteiger partial charge in [0.1, 0.15) is 5.82 Å². The molecule has 0 bridgehead atoms. The molecule has 2 heterocycles. The second kappa shape index (κ2) is 6.93. The van der Waals surface area contributed by atoms with Crippen LogP contribution in [0.3, 0.4) is 0 Å². The Bertz CT molecular complexity index is 1220. The molecule has 0 fully saturated rings. The van der Waals surface area contributed by atoms with Crippen LogP contribution in [0.4, 0.5) is 0 Å². The van der Waals surface area contributed by atoms with Gasteiger partial charge in [-0.3, -0.25) is 9.47 Å². The van der Waals surface area contributed by atoms with Crippen LogP contribution in [0, 0.1) is 0 Å². The Labute approximate surface area is 167 Å². The van der Waals surface area contributed by atoms with Gasteiger partial charge in [0.05, 0.1) is 12.2 Å². The molecule has 3 aromatic carbocycles. The summed E-state index contributed by atoms with van der Waals surface area (Å²) in [5, 5.41) is 7.70. The highest BCUT2D eigenvalue weighted by molar-refractivity contribution is 6.30. The minimum Gasteiger partial charge on any atom is -0.290 e. The van der Waals surface area contributed by atoms with Gasteiger partial charge in [-0.2, -0.15) is 4.68 Å². The number of benzene rings is 3. The molecule has 1 aromatic heterocycles. The minimum absolute atomic E-state index is 0.109. The largest absolute Gasteiger partial charge is 0.350 e. The summed E-state index contributed by atoms with van der Waals surface area (Å²) in [5.41, 5.74) is 1.88. The third-order valence-electron chi connectivity index (χ3n) is 5.27. The van der Waals surface area contributed by atoms with E-state index in [-0.39, 0.29) is 5.69 Å². The molecule has 0 atom stereocenters. The number of hydrogen-bond acceptors (Lipinski definition) is 3. The number of aromatic nitrogens is 3. The van der Waals surface area contributed by atoms with Gasteiger partial charge in [0.15, 0.2) is 0 Å². The molecule has 5 rings (SSSR count). The van der Waals surface area contributed by atoms with Crippen LogP contribution in [0.2, 0.25) is 5.02 Å². The predicted octanol–water partition coefficient (Wildman–Crippen LogP) is 3.86. The summed E-state index contributed by atoms with van der Waals surface area (Å²) >= 11 is 6.08. The maximum Gasteiger partial charge on any atom is 0.350 e. The van der Waals surface area contributed by atoms with Crippen molar-refractivity contribution < 1.29 is 0 Å². The average molecular weight is 391 g/mol. The summed E-state index contributed by atoms with van der Waals surface area (Å²) in [6.45, 7) is 2.93. The summed E-state index contributed by atoms with van der Waals surface area (Å²) in [6.07, 6.45) is 0. The van der Waals surface area contributed by atoms with Crippen LogP contribution >= 0.6 is 11.6 Å². The smallest absolute Gasteiger partial charge is 0.290 e. The molecule has 0 N–H and O–H groups in total. The molecular weight excluding hydrogens is 372 g/mol. The van der Waals surface area contributed by atoms with Crippen molar-refractivity contribution in [3.8, 4) is 5.69 Å². The third kappa shape index (κ3) is 3.03. The molecule has 5 nitrogen and oxygen atoms in total. The molecule has 1 aliphatic heterocycles. The van der Waals surface area contributed by atoms with Gasteiger partial charge in [-0.05, 0) is 34.5 Å². The van der Waals surface area contributed by atoms with Crippen LogP contribution < -0.4 is 5.69 Å². The first-order valence-corrected chi connectivity index (χ1v) is 9.70. The fraction of sp³-hybridized carbons (Fsp3) is 0.182. The highest BCUT2D eigenvalue weighted by atomic mass is 35.5. The molecular formula is C22H19ClN4O. The van der Waals surface area contributed by atoms with E-state index in [1.807, 2.05) is 12.1 Å². The van der Waals surface area contributed by atoms with Crippen molar-refractivity contribution in [2.24, 2.45) is 0 Å². The van der Waals surface area contributed by atoms with Crippen LogP contribution in [0.1, 0.15) is 11.4 Å². The van der Waals surface area contributed by atoms with Crippen molar-refractivity contribution in [1.29, 1.82) is 0 Å². The second-order valence-corrected chi connectivity index (χ2v) is 7.53. The normalized spacial score (nSPS) is 14.3. The third-order valence-corrected chi connectivity index (χ3v) is 5.51. The van der Waals surface area contributed by atoms with Gasteiger partial charge < -0.3 is 0 Å². The van der Waals surface area contributed by atoms with Crippen molar-refractivity contribution >= 4 is 22.4 Å². The van der Waals surface area contributed by atoms with Crippen LogP contribution in [0.25, 0.3) is 16.5 Å². The number of fused-ring (bicyclic) bond motifs is 2. The Kier molecular flexibility index (Phi) is 4.26. The summed E-state index contributed by atoms with van der Waals surface area (Å²) in [4.78, 5) is 15.1. The number of nitrogens with zero attached hydrogens (tertiary/aromatic N) is 4. The average Bonchev–Trinajstić information content (AvgIpc) is 3.04. The van der Waals surface area contributed by atoms with E-state index < -0.39 is 0 Å². The lowest BCUT2D eigenvalue weighted by Crippen LogP contribution is -2.37. The molecule has 0 saturated carbocycles. The highest BCUT2D eigenvalue weighted by Crippen LogP contribution is 2.22. The van der Waals surface area contributed by atoms with E-state index in [1.54, 1.807) is 16.7 Å². The lowest BCUT2D eigenvalue weighted by atomic mass is 10.0. The molecule has 0 unspecified atom stereocenters. The first-order chi connectivity index (χ1) is 13.7. The maximum absolute atomic E-state index is 12.8. The topological polar surface area (TPSA) is 43.1 Å². The van der Waals surface area contributed by atoms with Gasteiger partial charge in [0.25, 0.3) is 0 Å². The predicted molar refractivity (Wildman–Crippen MR) is 111 cm³/mol. The van der Waals surface area contributed by atoms with Crippen LogP contribution in [-0.2, 0) is 19.6 Å². The van der Waals surface area contributed by atoms with Gasteiger partial charge in [0, 0.05) is 24.7 Å². The lowest BCUT2D eigenvalue weighted by Gasteiger charge is -2.26. The summed E-state index contributed by atoms with van der Waals surface area (Å²) in [7, 11) is 0. The lowest BCUT2D eigenvalue weighted by molar-refractivity contribution is 0.208. The highest BCUT2D eigenvalue weighted by Gasteiger charge is 2.23. The Morgan fingerprint density at radius 3 is 2.68 bits per heavy atom. The van der Waals surface area contributed by atoms with E-state index in [2.05, 4.69) is 52.5 Å². The second-order valence-electron chi connectivity index (χ2n) is 7.09. The fourth-order valence-corrected chi connectivity index (χ4v) is 4.07. The zero-order valence-electron chi connectivity index (χ0n) is 15.3. The van der Waals surface area contributed by atoms with Crippen molar-refractivity contribution in [3.63, 3.8) is 0 Å². The monoisotopic (exact) mass is 390 g/mol. The van der Waals surface area contributed by atoms with E-state index in [0.29, 0.717) is 23.8 Å². The fourth-order valence-electron chi connectivity index (χ4n) is 3.88. The Balaban J connectivity index is 1.44. The van der Waals surface area contributed by atoms with E-state index in [1.165, 1.54) is 21.0 Å². The number of hydrogen-bond donors (Lipinski definition) is 0. The van der Waals surface area contributed by atoms with Crippen LogP contribution in [0.5, 0.6) is 0 Å². The van der Waals surface area contributed by atoms with Crippen LogP contribution in [0.15, 0.2) is 71.5 Å². The Morgan fingerprint density at radius 1 is 0.964 bits per heavy atom. The van der Waals surface area contributed by atoms with Gasteiger partial charge in [-0.15, -0.1) is 5.10 Å². The molecule has 1 aliphatic rings. The standard InChI is InChI=1S/C22H19ClN4O/c23-18-8-4-9-19(13-18)27-22(28)26-12-11-25(15-21(26)24-27)14-17-7-3-6-16-5-1-2-10-20(16)17/h1-10,13H,11-12,14-15H2. The molecule has 4 aromatic rings. The SMILES string of the molecule is O=c1n(-c2cccc(Cl)c2)nc2n1CCN(Cc1cccc3ccccc13)C2. The summed E-state index contributed by atoms with van der Waals surface area (Å²) < 4.78 is 3.21. The van der Waals surface area contributed by atoms with Gasteiger partial charge in [0.2, 0.25) is 0 Å². The molecule has 140 valence electrons. The molecule has 0 saturated heterocycles. The summed E-state index contributed by atoms with van der Waals surface area (Å²) in [6, 6.07) is 22.1. The molecule has 0 aliphatic carbocycles. The van der Waals surface area contributed by atoms with E-state index >= 15 is 0 Å². The zero-order valence-corrected chi connectivity index (χ0v) is 16.0. The van der Waals surface area contributed by atoms with Crippen molar-refractivity contribution in [2.75, 3.05) is 6.54 Å². The Morgan fingerprint density at radius 2 is 1.79 bits per heavy atom. The van der Waals surface area contributed by atoms with Crippen molar-refractivity contribution in [2.45, 2.75) is 19.6 Å². The molecule has 0 amide bonds. The van der Waals surface area contributed by atoms with E-state index in [0.717, 1.165) is 18.9 Å². The summed E-state index contributed by atoms with van der Waals surface area (Å²) in [5.74, 6) is 0.788. The van der Waals surface area contributed by atoms with Gasteiger partial charge in [-0.25, -0.2) is 4.79 Å². The quantitative estimate of drug-likeness (QED) is 0.533. The number of rotatable bonds is 3. The van der Waals surface area contributed by atoms with Gasteiger partial charge >= 0.3 is 5.69 Å². The van der Waals surface area contributed by atoms with E-state index in [4.69, 9.17) is 11.6 Å². The van der Waals surface area contributed by atoms with Crippen molar-refractivity contribution in [3.05, 3.63) is 93.6 Å². The molecule has 28 heavy (non-hydrogen) atoms. The van der Waals surface area contributed by atoms with Crippen molar-refractivity contribution in [1.82, 2.24) is 19.2 Å². The zero-order chi connectivity index (χ0) is 19.1. The molecule has 6 heteroatoms. The molecule has 0 radical (unpaired) electrons. The maximum atomic E-state index is 12.8.